The number of carbonyl (C=O) groups is 1. The van der Waals surface area contributed by atoms with E-state index in [1.807, 2.05) is 0 Å². The normalized spacial score (nSPS) is 12.5. The Morgan fingerprint density at radius 3 is 2.58 bits per heavy atom. The van der Waals surface area contributed by atoms with Crippen LogP contribution >= 0.6 is 11.3 Å². The third-order valence-electron chi connectivity index (χ3n) is 3.40. The maximum Gasteiger partial charge on any atom is 0.236 e. The van der Waals surface area contributed by atoms with Gasteiger partial charge in [-0.05, 0) is 36.6 Å². The first kappa shape index (κ1) is 18.3. The fraction of sp³-hybridized carbons (Fsp3) is 0.312. The Balaban J connectivity index is 2.12. The molecule has 24 heavy (non-hydrogen) atoms. The van der Waals surface area contributed by atoms with E-state index in [1.165, 1.54) is 13.2 Å². The monoisotopic (exact) mass is 369 g/mol. The minimum absolute atomic E-state index is 0.185. The van der Waals surface area contributed by atoms with Crippen LogP contribution < -0.4 is 14.8 Å². The lowest BCUT2D eigenvalue weighted by molar-refractivity contribution is -0.119. The molecule has 0 bridgehead atoms. The second-order valence-corrected chi connectivity index (χ2v) is 8.25. The Bertz CT molecular complexity index is 800. The number of amides is 1. The Labute approximate surface area is 145 Å². The van der Waals surface area contributed by atoms with Crippen LogP contribution in [0, 0.1) is 0 Å². The lowest BCUT2D eigenvalue weighted by atomic mass is 10.1. The van der Waals surface area contributed by atoms with E-state index in [-0.39, 0.29) is 4.21 Å². The van der Waals surface area contributed by atoms with Crippen LogP contribution in [-0.4, -0.2) is 34.3 Å². The molecule has 0 saturated heterocycles. The van der Waals surface area contributed by atoms with E-state index in [0.29, 0.717) is 17.1 Å². The Morgan fingerprint density at radius 2 is 2.00 bits per heavy atom. The van der Waals surface area contributed by atoms with Gasteiger partial charge in [0.15, 0.2) is 9.84 Å². The molecule has 1 N–H and O–H groups in total. The van der Waals surface area contributed by atoms with Crippen molar-refractivity contribution in [3.63, 3.8) is 0 Å². The summed E-state index contributed by atoms with van der Waals surface area (Å²) in [4.78, 5) is 12.1. The molecule has 1 heterocycles. The van der Waals surface area contributed by atoms with Crippen molar-refractivity contribution in [1.29, 1.82) is 0 Å². The van der Waals surface area contributed by atoms with E-state index in [0.717, 1.165) is 11.3 Å². The van der Waals surface area contributed by atoms with Gasteiger partial charge in [-0.3, -0.25) is 4.79 Å². The fourth-order valence-corrected chi connectivity index (χ4v) is 4.46. The van der Waals surface area contributed by atoms with E-state index in [9.17, 15) is 13.2 Å². The Hall–Kier alpha value is -2.06. The van der Waals surface area contributed by atoms with Crippen LogP contribution in [0.3, 0.4) is 0 Å². The molecule has 0 fully saturated rings. The van der Waals surface area contributed by atoms with Crippen molar-refractivity contribution in [1.82, 2.24) is 5.32 Å². The first-order chi connectivity index (χ1) is 11.4. The van der Waals surface area contributed by atoms with Crippen LogP contribution in [0.15, 0.2) is 39.9 Å². The van der Waals surface area contributed by atoms with Crippen molar-refractivity contribution in [3.8, 4) is 11.5 Å². The molecule has 1 aromatic heterocycles. The van der Waals surface area contributed by atoms with E-state index in [1.54, 1.807) is 43.7 Å². The average molecular weight is 369 g/mol. The van der Waals surface area contributed by atoms with Crippen LogP contribution in [0.5, 0.6) is 11.5 Å². The van der Waals surface area contributed by atoms with Gasteiger partial charge in [-0.1, -0.05) is 6.07 Å². The number of rotatable bonds is 7. The largest absolute Gasteiger partial charge is 0.497 e. The third kappa shape index (κ3) is 4.27. The number of hydrogen-bond acceptors (Lipinski definition) is 6. The number of carbonyl (C=O) groups excluding carboxylic acids is 1. The molecule has 0 spiro atoms. The molecule has 0 aliphatic heterocycles. The number of ether oxygens (including phenoxy) is 2. The van der Waals surface area contributed by atoms with Crippen LogP contribution in [0.4, 0.5) is 0 Å². The van der Waals surface area contributed by atoms with Crippen molar-refractivity contribution in [3.05, 3.63) is 41.3 Å². The van der Waals surface area contributed by atoms with E-state index in [2.05, 4.69) is 5.32 Å². The van der Waals surface area contributed by atoms with Gasteiger partial charge >= 0.3 is 0 Å². The van der Waals surface area contributed by atoms with Gasteiger partial charge in [-0.25, -0.2) is 8.42 Å². The summed E-state index contributed by atoms with van der Waals surface area (Å²) in [6, 6.07) is 7.93. The number of nitrogens with one attached hydrogen (secondary N) is 1. The molecular weight excluding hydrogens is 350 g/mol. The maximum absolute atomic E-state index is 12.2. The van der Waals surface area contributed by atoms with Crippen molar-refractivity contribution in [2.75, 3.05) is 20.0 Å². The highest BCUT2D eigenvalue weighted by Gasteiger charge is 2.22. The van der Waals surface area contributed by atoms with Crippen molar-refractivity contribution < 1.29 is 22.7 Å². The molecule has 0 aliphatic rings. The highest BCUT2D eigenvalue weighted by atomic mass is 32.2. The topological polar surface area (TPSA) is 81.7 Å². The molecule has 1 amide bonds. The molecule has 130 valence electrons. The van der Waals surface area contributed by atoms with E-state index >= 15 is 0 Å². The maximum atomic E-state index is 12.2. The van der Waals surface area contributed by atoms with Crippen molar-refractivity contribution in [2.24, 2.45) is 0 Å². The van der Waals surface area contributed by atoms with Gasteiger partial charge < -0.3 is 14.8 Å². The summed E-state index contributed by atoms with van der Waals surface area (Å²) in [5.41, 5.74) is 0.707. The lowest BCUT2D eigenvalue weighted by Crippen LogP contribution is -2.32. The van der Waals surface area contributed by atoms with Gasteiger partial charge in [0.05, 0.1) is 20.3 Å². The Morgan fingerprint density at radius 1 is 1.25 bits per heavy atom. The van der Waals surface area contributed by atoms with Crippen molar-refractivity contribution in [2.45, 2.75) is 17.2 Å². The molecule has 2 rings (SSSR count). The second kappa shape index (κ2) is 7.67. The number of sulfone groups is 1. The minimum atomic E-state index is -3.62. The highest BCUT2D eigenvalue weighted by molar-refractivity contribution is 7.94. The molecule has 0 saturated carbocycles. The molecule has 8 heteroatoms. The molecule has 1 aromatic carbocycles. The zero-order chi connectivity index (χ0) is 17.7. The SMILES string of the molecule is COc1ccc(OC)c([C@@H](C)NC(=O)CS(=O)(=O)c2cccs2)c1. The molecule has 6 nitrogen and oxygen atoms in total. The molecule has 0 aliphatic carbocycles. The van der Waals surface area contributed by atoms with Gasteiger partial charge in [0, 0.05) is 5.56 Å². The van der Waals surface area contributed by atoms with Crippen molar-refractivity contribution >= 4 is 27.1 Å². The highest BCUT2D eigenvalue weighted by Crippen LogP contribution is 2.29. The first-order valence-electron chi connectivity index (χ1n) is 7.15. The van der Waals surface area contributed by atoms with Gasteiger partial charge in [0.2, 0.25) is 5.91 Å². The van der Waals surface area contributed by atoms with E-state index in [4.69, 9.17) is 9.47 Å². The molecular formula is C16H19NO5S2. The first-order valence-corrected chi connectivity index (χ1v) is 9.68. The zero-order valence-corrected chi connectivity index (χ0v) is 15.2. The summed E-state index contributed by atoms with van der Waals surface area (Å²) in [5.74, 6) is 0.0491. The summed E-state index contributed by atoms with van der Waals surface area (Å²) in [6.07, 6.45) is 0. The van der Waals surface area contributed by atoms with Gasteiger partial charge in [0.25, 0.3) is 0 Å². The molecule has 1 atom stereocenters. The summed E-state index contributed by atoms with van der Waals surface area (Å²) in [7, 11) is -0.549. The lowest BCUT2D eigenvalue weighted by Gasteiger charge is -2.18. The number of hydrogen-bond donors (Lipinski definition) is 1. The molecule has 0 unspecified atom stereocenters. The van der Waals surface area contributed by atoms with Gasteiger partial charge in [0.1, 0.15) is 21.5 Å². The predicted octanol–water partition coefficient (Wildman–Crippen LogP) is 2.42. The second-order valence-electron chi connectivity index (χ2n) is 5.09. The summed E-state index contributed by atoms with van der Waals surface area (Å²) in [5, 5.41) is 4.35. The standard InChI is InChI=1S/C16H19NO5S2/c1-11(13-9-12(21-2)6-7-14(13)22-3)17-15(18)10-24(19,20)16-5-4-8-23-16/h4-9,11H,10H2,1-3H3,(H,17,18)/t11-/m1/s1. The fourth-order valence-electron chi connectivity index (χ4n) is 2.22. The zero-order valence-electron chi connectivity index (χ0n) is 13.6. The number of thiophene rings is 1. The summed E-state index contributed by atoms with van der Waals surface area (Å²) in [6.45, 7) is 1.76. The van der Waals surface area contributed by atoms with Crippen LogP contribution in [-0.2, 0) is 14.6 Å². The van der Waals surface area contributed by atoms with E-state index < -0.39 is 27.5 Å². The molecule has 2 aromatic rings. The Kier molecular flexibility index (Phi) is 5.84. The quantitative estimate of drug-likeness (QED) is 0.810. The summed E-state index contributed by atoms with van der Waals surface area (Å²) < 4.78 is 34.9. The molecule has 0 radical (unpaired) electrons. The third-order valence-corrected chi connectivity index (χ3v) is 6.51. The smallest absolute Gasteiger partial charge is 0.236 e. The van der Waals surface area contributed by atoms with Crippen LogP contribution in [0.25, 0.3) is 0 Å². The predicted molar refractivity (Wildman–Crippen MR) is 92.5 cm³/mol. The summed E-state index contributed by atoms with van der Waals surface area (Å²) >= 11 is 1.09. The minimum Gasteiger partial charge on any atom is -0.497 e. The van der Waals surface area contributed by atoms with Crippen LogP contribution in [0.2, 0.25) is 0 Å². The number of benzene rings is 1. The van der Waals surface area contributed by atoms with Crippen LogP contribution in [0.1, 0.15) is 18.5 Å². The average Bonchev–Trinajstić information content (AvgIpc) is 3.08. The van der Waals surface area contributed by atoms with Gasteiger partial charge in [-0.2, -0.15) is 0 Å². The van der Waals surface area contributed by atoms with Gasteiger partial charge in [-0.15, -0.1) is 11.3 Å². The number of methoxy groups -OCH3 is 2.